The van der Waals surface area contributed by atoms with E-state index in [0.717, 1.165) is 5.56 Å². The molecule has 0 unspecified atom stereocenters. The number of aryl methyl sites for hydroxylation is 1. The molecule has 0 saturated carbocycles. The molecule has 130 valence electrons. The van der Waals surface area contributed by atoms with Crippen molar-refractivity contribution in [3.05, 3.63) is 63.6 Å². The molecule has 7 heteroatoms. The van der Waals surface area contributed by atoms with Crippen molar-refractivity contribution < 1.29 is 13.9 Å². The Labute approximate surface area is 149 Å². The molecule has 1 heterocycles. The molecule has 0 aliphatic heterocycles. The Kier molecular flexibility index (Phi) is 5.09. The van der Waals surface area contributed by atoms with E-state index in [1.54, 1.807) is 30.3 Å². The van der Waals surface area contributed by atoms with Gasteiger partial charge in [-0.15, -0.1) is 0 Å². The van der Waals surface area contributed by atoms with Crippen molar-refractivity contribution in [1.29, 1.82) is 0 Å². The van der Waals surface area contributed by atoms with Gasteiger partial charge >= 0.3 is 5.76 Å². The van der Waals surface area contributed by atoms with E-state index in [-0.39, 0.29) is 19.1 Å². The molecule has 1 N–H and O–H groups in total. The first-order chi connectivity index (χ1) is 12.1. The lowest BCUT2D eigenvalue weighted by Gasteiger charge is -2.11. The minimum absolute atomic E-state index is 0.110. The smallest absolute Gasteiger partial charge is 0.420 e. The zero-order valence-corrected chi connectivity index (χ0v) is 14.4. The number of aromatic nitrogens is 1. The number of oxazole rings is 1. The second-order valence-electron chi connectivity index (χ2n) is 5.51. The summed E-state index contributed by atoms with van der Waals surface area (Å²) in [6, 6.07) is 12.5. The van der Waals surface area contributed by atoms with Gasteiger partial charge in [-0.05, 0) is 30.7 Å². The normalized spacial score (nSPS) is 10.8. The summed E-state index contributed by atoms with van der Waals surface area (Å²) < 4.78 is 12.0. The van der Waals surface area contributed by atoms with Crippen LogP contribution in [0.5, 0.6) is 5.75 Å². The fourth-order valence-corrected chi connectivity index (χ4v) is 2.78. The van der Waals surface area contributed by atoms with Gasteiger partial charge in [-0.3, -0.25) is 9.36 Å². The zero-order valence-electron chi connectivity index (χ0n) is 13.6. The van der Waals surface area contributed by atoms with Crippen LogP contribution in [0.1, 0.15) is 5.56 Å². The number of halogens is 1. The van der Waals surface area contributed by atoms with Crippen LogP contribution in [-0.4, -0.2) is 23.6 Å². The van der Waals surface area contributed by atoms with Crippen molar-refractivity contribution in [2.45, 2.75) is 13.5 Å². The van der Waals surface area contributed by atoms with Crippen molar-refractivity contribution in [3.8, 4) is 5.75 Å². The topological polar surface area (TPSA) is 73.5 Å². The van der Waals surface area contributed by atoms with Crippen molar-refractivity contribution in [3.63, 3.8) is 0 Å². The van der Waals surface area contributed by atoms with E-state index < -0.39 is 5.76 Å². The molecule has 0 aliphatic rings. The molecule has 0 saturated heterocycles. The number of hydrogen-bond donors (Lipinski definition) is 1. The maximum atomic E-state index is 12.1. The monoisotopic (exact) mass is 360 g/mol. The van der Waals surface area contributed by atoms with Crippen LogP contribution in [0.25, 0.3) is 11.1 Å². The molecule has 1 amide bonds. The Morgan fingerprint density at radius 1 is 1.24 bits per heavy atom. The van der Waals surface area contributed by atoms with Gasteiger partial charge in [0, 0.05) is 0 Å². The molecular weight excluding hydrogens is 344 g/mol. The van der Waals surface area contributed by atoms with Crippen molar-refractivity contribution in [2.24, 2.45) is 0 Å². The van der Waals surface area contributed by atoms with Crippen LogP contribution in [0.4, 0.5) is 0 Å². The van der Waals surface area contributed by atoms with Gasteiger partial charge in [-0.25, -0.2) is 4.79 Å². The fraction of sp³-hybridized carbons (Fsp3) is 0.222. The molecule has 0 bridgehead atoms. The quantitative estimate of drug-likeness (QED) is 0.686. The Hall–Kier alpha value is -2.73. The maximum Gasteiger partial charge on any atom is 0.420 e. The van der Waals surface area contributed by atoms with E-state index in [4.69, 9.17) is 20.8 Å². The Bertz CT molecular complexity index is 941. The molecule has 0 aliphatic carbocycles. The Balaban J connectivity index is 1.55. The lowest BCUT2D eigenvalue weighted by atomic mass is 10.2. The number of hydrogen-bond acceptors (Lipinski definition) is 4. The molecule has 6 nitrogen and oxygen atoms in total. The van der Waals surface area contributed by atoms with Crippen LogP contribution in [0, 0.1) is 6.92 Å². The third-order valence-corrected chi connectivity index (χ3v) is 4.01. The number of ether oxygens (including phenoxy) is 1. The molecular formula is C18H17ClN2O4. The second-order valence-corrected chi connectivity index (χ2v) is 5.91. The number of carbonyl (C=O) groups excluding carboxylic acids is 1. The van der Waals surface area contributed by atoms with E-state index in [1.165, 1.54) is 4.57 Å². The van der Waals surface area contributed by atoms with Gasteiger partial charge in [0.2, 0.25) is 5.91 Å². The number of amides is 1. The minimum Gasteiger partial charge on any atom is -0.490 e. The fourth-order valence-electron chi connectivity index (χ4n) is 2.51. The summed E-state index contributed by atoms with van der Waals surface area (Å²) in [4.78, 5) is 23.9. The standard InChI is InChI=1S/C18H17ClN2O4/c1-12-5-4-6-13(19)17(12)24-10-9-20-16(22)11-21-14-7-2-3-8-15(14)25-18(21)23/h2-8H,9-11H2,1H3,(H,20,22). The number of rotatable bonds is 6. The summed E-state index contributed by atoms with van der Waals surface area (Å²) in [5.74, 6) is -0.247. The van der Waals surface area contributed by atoms with Gasteiger partial charge in [0.1, 0.15) is 18.9 Å². The van der Waals surface area contributed by atoms with Gasteiger partial charge in [0.15, 0.2) is 5.58 Å². The van der Waals surface area contributed by atoms with E-state index in [9.17, 15) is 9.59 Å². The lowest BCUT2D eigenvalue weighted by molar-refractivity contribution is -0.121. The van der Waals surface area contributed by atoms with Crippen LogP contribution < -0.4 is 15.8 Å². The number of benzene rings is 2. The van der Waals surface area contributed by atoms with Crippen LogP contribution in [0.2, 0.25) is 5.02 Å². The first-order valence-electron chi connectivity index (χ1n) is 7.79. The molecule has 0 atom stereocenters. The van der Waals surface area contributed by atoms with Crippen molar-refractivity contribution in [1.82, 2.24) is 9.88 Å². The SMILES string of the molecule is Cc1cccc(Cl)c1OCCNC(=O)Cn1c(=O)oc2ccccc21. The number of nitrogens with one attached hydrogen (secondary N) is 1. The van der Waals surface area contributed by atoms with Gasteiger partial charge in [-0.2, -0.15) is 0 Å². The highest BCUT2D eigenvalue weighted by atomic mass is 35.5. The predicted molar refractivity (Wildman–Crippen MR) is 95.2 cm³/mol. The summed E-state index contributed by atoms with van der Waals surface area (Å²) in [5, 5.41) is 3.24. The number of fused-ring (bicyclic) bond motifs is 1. The number of carbonyl (C=O) groups is 1. The van der Waals surface area contributed by atoms with E-state index in [2.05, 4.69) is 5.32 Å². The largest absolute Gasteiger partial charge is 0.490 e. The van der Waals surface area contributed by atoms with E-state index in [0.29, 0.717) is 28.4 Å². The average molecular weight is 361 g/mol. The minimum atomic E-state index is -0.556. The van der Waals surface area contributed by atoms with Crippen LogP contribution in [-0.2, 0) is 11.3 Å². The van der Waals surface area contributed by atoms with Gasteiger partial charge < -0.3 is 14.5 Å². The average Bonchev–Trinajstić information content (AvgIpc) is 2.89. The highest BCUT2D eigenvalue weighted by Crippen LogP contribution is 2.27. The first kappa shape index (κ1) is 17.1. The summed E-state index contributed by atoms with van der Waals surface area (Å²) in [6.07, 6.45) is 0. The summed E-state index contributed by atoms with van der Waals surface area (Å²) >= 11 is 6.08. The Morgan fingerprint density at radius 2 is 2.04 bits per heavy atom. The van der Waals surface area contributed by atoms with Gasteiger partial charge in [0.25, 0.3) is 0 Å². The van der Waals surface area contributed by atoms with Crippen LogP contribution >= 0.6 is 11.6 Å². The highest BCUT2D eigenvalue weighted by molar-refractivity contribution is 6.32. The second kappa shape index (κ2) is 7.44. The summed E-state index contributed by atoms with van der Waals surface area (Å²) in [7, 11) is 0. The molecule has 0 radical (unpaired) electrons. The third kappa shape index (κ3) is 3.85. The predicted octanol–water partition coefficient (Wildman–Crippen LogP) is 2.75. The molecule has 0 fully saturated rings. The van der Waals surface area contributed by atoms with Gasteiger partial charge in [-0.1, -0.05) is 35.9 Å². The molecule has 3 rings (SSSR count). The van der Waals surface area contributed by atoms with Crippen molar-refractivity contribution >= 4 is 28.6 Å². The highest BCUT2D eigenvalue weighted by Gasteiger charge is 2.12. The number of nitrogens with zero attached hydrogens (tertiary/aromatic N) is 1. The van der Waals surface area contributed by atoms with Crippen LogP contribution in [0.3, 0.4) is 0 Å². The molecule has 1 aromatic heterocycles. The third-order valence-electron chi connectivity index (χ3n) is 3.71. The van der Waals surface area contributed by atoms with Gasteiger partial charge in [0.05, 0.1) is 17.1 Å². The zero-order chi connectivity index (χ0) is 17.8. The number of para-hydroxylation sites is 3. The summed E-state index contributed by atoms with van der Waals surface area (Å²) in [6.45, 7) is 2.36. The maximum absolute atomic E-state index is 12.1. The van der Waals surface area contributed by atoms with Crippen LogP contribution in [0.15, 0.2) is 51.7 Å². The van der Waals surface area contributed by atoms with Crippen molar-refractivity contribution in [2.75, 3.05) is 13.2 Å². The molecule has 2 aromatic carbocycles. The van der Waals surface area contributed by atoms with E-state index in [1.807, 2.05) is 19.1 Å². The molecule has 25 heavy (non-hydrogen) atoms. The van der Waals surface area contributed by atoms with E-state index >= 15 is 0 Å². The molecule has 3 aromatic rings. The summed E-state index contributed by atoms with van der Waals surface area (Å²) in [5.41, 5.74) is 1.97. The Morgan fingerprint density at radius 3 is 2.84 bits per heavy atom. The first-order valence-corrected chi connectivity index (χ1v) is 8.17. The lowest BCUT2D eigenvalue weighted by Crippen LogP contribution is -2.33. The molecule has 0 spiro atoms.